The standard InChI is InChI=1S/C19H26N4O2/c1-14(2)25-17-6-5-16(13-15(17)3)22-18(24)19(7-10-20-11-8-19)23-12-4-9-21-23/h4-6,9,12-14,20H,7-8,10-11H2,1-3H3,(H,22,24). The molecule has 0 atom stereocenters. The highest BCUT2D eigenvalue weighted by atomic mass is 16.5. The van der Waals surface area contributed by atoms with E-state index in [0.717, 1.165) is 30.1 Å². The van der Waals surface area contributed by atoms with E-state index in [1.54, 1.807) is 10.9 Å². The van der Waals surface area contributed by atoms with Crippen molar-refractivity contribution in [2.75, 3.05) is 18.4 Å². The van der Waals surface area contributed by atoms with Crippen molar-refractivity contribution >= 4 is 11.6 Å². The summed E-state index contributed by atoms with van der Waals surface area (Å²) in [4.78, 5) is 13.1. The van der Waals surface area contributed by atoms with Gasteiger partial charge in [0.1, 0.15) is 11.3 Å². The molecule has 0 aliphatic carbocycles. The lowest BCUT2D eigenvalue weighted by Gasteiger charge is -2.36. The molecule has 2 N–H and O–H groups in total. The number of carbonyl (C=O) groups excluding carboxylic acids is 1. The van der Waals surface area contributed by atoms with E-state index in [1.165, 1.54) is 0 Å². The molecule has 1 amide bonds. The van der Waals surface area contributed by atoms with Gasteiger partial charge in [-0.25, -0.2) is 0 Å². The van der Waals surface area contributed by atoms with Crippen molar-refractivity contribution in [2.45, 2.75) is 45.3 Å². The summed E-state index contributed by atoms with van der Waals surface area (Å²) >= 11 is 0. The van der Waals surface area contributed by atoms with Crippen LogP contribution >= 0.6 is 0 Å². The lowest BCUT2D eigenvalue weighted by atomic mass is 9.87. The van der Waals surface area contributed by atoms with E-state index in [9.17, 15) is 4.79 Å². The zero-order chi connectivity index (χ0) is 17.9. The highest BCUT2D eigenvalue weighted by Crippen LogP contribution is 2.30. The van der Waals surface area contributed by atoms with Gasteiger partial charge in [0, 0.05) is 18.1 Å². The Bertz CT molecular complexity index is 719. The average molecular weight is 342 g/mol. The number of aryl methyl sites for hydroxylation is 1. The van der Waals surface area contributed by atoms with Crippen molar-refractivity contribution in [3.63, 3.8) is 0 Å². The number of rotatable bonds is 5. The van der Waals surface area contributed by atoms with Crippen LogP contribution in [0, 0.1) is 6.92 Å². The van der Waals surface area contributed by atoms with Crippen LogP contribution in [0.2, 0.25) is 0 Å². The molecule has 1 saturated heterocycles. The van der Waals surface area contributed by atoms with E-state index in [-0.39, 0.29) is 12.0 Å². The van der Waals surface area contributed by atoms with Crippen LogP contribution in [-0.2, 0) is 10.3 Å². The third-order valence-electron chi connectivity index (χ3n) is 4.59. The van der Waals surface area contributed by atoms with Crippen LogP contribution < -0.4 is 15.4 Å². The van der Waals surface area contributed by atoms with Gasteiger partial charge in [-0.15, -0.1) is 0 Å². The molecule has 1 aromatic heterocycles. The molecule has 2 aromatic rings. The molecule has 0 spiro atoms. The van der Waals surface area contributed by atoms with Crippen LogP contribution in [-0.4, -0.2) is 34.9 Å². The number of hydrogen-bond acceptors (Lipinski definition) is 4. The highest BCUT2D eigenvalue weighted by Gasteiger charge is 2.42. The quantitative estimate of drug-likeness (QED) is 0.877. The molecule has 6 heteroatoms. The molecular formula is C19H26N4O2. The van der Waals surface area contributed by atoms with Crippen LogP contribution in [0.25, 0.3) is 0 Å². The second kappa shape index (κ2) is 7.27. The fourth-order valence-corrected chi connectivity index (χ4v) is 3.28. The molecule has 1 aliphatic heterocycles. The summed E-state index contributed by atoms with van der Waals surface area (Å²) in [5.74, 6) is 0.825. The number of nitrogens with zero attached hydrogens (tertiary/aromatic N) is 2. The van der Waals surface area contributed by atoms with E-state index in [0.29, 0.717) is 12.8 Å². The van der Waals surface area contributed by atoms with Gasteiger partial charge >= 0.3 is 0 Å². The number of nitrogens with one attached hydrogen (secondary N) is 2. The van der Waals surface area contributed by atoms with Crippen LogP contribution in [0.3, 0.4) is 0 Å². The molecule has 25 heavy (non-hydrogen) atoms. The number of benzene rings is 1. The lowest BCUT2D eigenvalue weighted by molar-refractivity contribution is -0.126. The third-order valence-corrected chi connectivity index (χ3v) is 4.59. The predicted octanol–water partition coefficient (Wildman–Crippen LogP) is 2.70. The van der Waals surface area contributed by atoms with Gasteiger partial charge in [-0.3, -0.25) is 9.48 Å². The van der Waals surface area contributed by atoms with Gasteiger partial charge < -0.3 is 15.4 Å². The molecule has 2 heterocycles. The molecule has 6 nitrogen and oxygen atoms in total. The summed E-state index contributed by atoms with van der Waals surface area (Å²) in [5.41, 5.74) is 1.14. The maximum Gasteiger partial charge on any atom is 0.252 e. The summed E-state index contributed by atoms with van der Waals surface area (Å²) < 4.78 is 7.56. The minimum atomic E-state index is -0.643. The molecule has 134 valence electrons. The second-order valence-electron chi connectivity index (χ2n) is 6.83. The van der Waals surface area contributed by atoms with Crippen molar-refractivity contribution in [1.82, 2.24) is 15.1 Å². The van der Waals surface area contributed by atoms with Gasteiger partial charge in [-0.05, 0) is 76.5 Å². The minimum Gasteiger partial charge on any atom is -0.491 e. The molecule has 3 rings (SSSR count). The minimum absolute atomic E-state index is 0.0189. The summed E-state index contributed by atoms with van der Waals surface area (Å²) in [6.07, 6.45) is 5.15. The van der Waals surface area contributed by atoms with Crippen molar-refractivity contribution in [3.8, 4) is 5.75 Å². The fraction of sp³-hybridized carbons (Fsp3) is 0.474. The SMILES string of the molecule is Cc1cc(NC(=O)C2(n3cccn3)CCNCC2)ccc1OC(C)C. The van der Waals surface area contributed by atoms with Gasteiger partial charge in [0.15, 0.2) is 0 Å². The highest BCUT2D eigenvalue weighted by molar-refractivity contribution is 5.96. The first-order chi connectivity index (χ1) is 12.0. The molecule has 0 radical (unpaired) electrons. The average Bonchev–Trinajstić information content (AvgIpc) is 3.12. The number of aromatic nitrogens is 2. The predicted molar refractivity (Wildman–Crippen MR) is 97.9 cm³/mol. The summed E-state index contributed by atoms with van der Waals surface area (Å²) in [6.45, 7) is 7.59. The zero-order valence-corrected chi connectivity index (χ0v) is 15.1. The van der Waals surface area contributed by atoms with Crippen molar-refractivity contribution in [2.24, 2.45) is 0 Å². The Hall–Kier alpha value is -2.34. The molecule has 0 saturated carbocycles. The van der Waals surface area contributed by atoms with E-state index < -0.39 is 5.54 Å². The molecule has 0 unspecified atom stereocenters. The molecule has 1 fully saturated rings. The Morgan fingerprint density at radius 2 is 2.12 bits per heavy atom. The molecule has 1 aromatic carbocycles. The first-order valence-electron chi connectivity index (χ1n) is 8.81. The van der Waals surface area contributed by atoms with Crippen molar-refractivity contribution < 1.29 is 9.53 Å². The van der Waals surface area contributed by atoms with Gasteiger partial charge in [0.05, 0.1) is 6.10 Å². The lowest BCUT2D eigenvalue weighted by Crippen LogP contribution is -2.52. The number of carbonyl (C=O) groups is 1. The Morgan fingerprint density at radius 1 is 1.36 bits per heavy atom. The van der Waals surface area contributed by atoms with Crippen LogP contribution in [0.1, 0.15) is 32.3 Å². The Kier molecular flexibility index (Phi) is 5.08. The van der Waals surface area contributed by atoms with Gasteiger partial charge in [0.25, 0.3) is 5.91 Å². The number of piperidine rings is 1. The van der Waals surface area contributed by atoms with E-state index in [4.69, 9.17) is 4.74 Å². The van der Waals surface area contributed by atoms with E-state index in [1.807, 2.05) is 51.2 Å². The first-order valence-corrected chi connectivity index (χ1v) is 8.81. The Morgan fingerprint density at radius 3 is 2.72 bits per heavy atom. The van der Waals surface area contributed by atoms with Crippen LogP contribution in [0.4, 0.5) is 5.69 Å². The second-order valence-corrected chi connectivity index (χ2v) is 6.83. The first kappa shape index (κ1) is 17.5. The number of amides is 1. The molecule has 1 aliphatic rings. The van der Waals surface area contributed by atoms with Crippen molar-refractivity contribution in [1.29, 1.82) is 0 Å². The largest absolute Gasteiger partial charge is 0.491 e. The van der Waals surface area contributed by atoms with Crippen LogP contribution in [0.15, 0.2) is 36.7 Å². The van der Waals surface area contributed by atoms with Gasteiger partial charge in [-0.2, -0.15) is 5.10 Å². The molecular weight excluding hydrogens is 316 g/mol. The maximum absolute atomic E-state index is 13.1. The summed E-state index contributed by atoms with van der Waals surface area (Å²) in [6, 6.07) is 7.61. The monoisotopic (exact) mass is 342 g/mol. The topological polar surface area (TPSA) is 68.2 Å². The van der Waals surface area contributed by atoms with Crippen molar-refractivity contribution in [3.05, 3.63) is 42.2 Å². The Balaban J connectivity index is 1.81. The van der Waals surface area contributed by atoms with Gasteiger partial charge in [-0.1, -0.05) is 0 Å². The zero-order valence-electron chi connectivity index (χ0n) is 15.1. The number of ether oxygens (including phenoxy) is 1. The summed E-state index contributed by atoms with van der Waals surface area (Å²) in [7, 11) is 0. The van der Waals surface area contributed by atoms with Gasteiger partial charge in [0.2, 0.25) is 0 Å². The number of anilines is 1. The fourth-order valence-electron chi connectivity index (χ4n) is 3.28. The normalized spacial score (nSPS) is 16.6. The Labute approximate surface area is 148 Å². The maximum atomic E-state index is 13.1. The van der Waals surface area contributed by atoms with Crippen LogP contribution in [0.5, 0.6) is 5.75 Å². The summed E-state index contributed by atoms with van der Waals surface area (Å²) in [5, 5.41) is 10.7. The number of hydrogen-bond donors (Lipinski definition) is 2. The third kappa shape index (κ3) is 3.69. The smallest absolute Gasteiger partial charge is 0.252 e. The van der Waals surface area contributed by atoms with E-state index in [2.05, 4.69) is 15.7 Å². The van der Waals surface area contributed by atoms with E-state index >= 15 is 0 Å². The molecule has 0 bridgehead atoms.